The lowest BCUT2D eigenvalue weighted by molar-refractivity contribution is 0.0597. The molecule has 0 unspecified atom stereocenters. The fourth-order valence-corrected chi connectivity index (χ4v) is 1.93. The molecule has 0 heterocycles. The minimum absolute atomic E-state index is 0.400. The Hall–Kier alpha value is -2.00. The monoisotopic (exact) mass is 276 g/mol. The number of carbonyl (C=O) groups excluding carboxylic acids is 1. The highest BCUT2D eigenvalue weighted by atomic mass is 35.5. The number of esters is 1. The largest absolute Gasteiger partial charge is 0.496 e. The van der Waals surface area contributed by atoms with Gasteiger partial charge in [-0.3, -0.25) is 0 Å². The summed E-state index contributed by atoms with van der Waals surface area (Å²) < 4.78 is 9.91. The van der Waals surface area contributed by atoms with Gasteiger partial charge in [0, 0.05) is 5.02 Å². The van der Waals surface area contributed by atoms with Crippen LogP contribution in [0, 0.1) is 0 Å². The number of methoxy groups -OCH3 is 2. The van der Waals surface area contributed by atoms with Crippen LogP contribution in [0.3, 0.4) is 0 Å². The molecule has 0 saturated heterocycles. The van der Waals surface area contributed by atoms with E-state index in [4.69, 9.17) is 21.1 Å². The van der Waals surface area contributed by atoms with Gasteiger partial charge in [-0.2, -0.15) is 0 Å². The second-order valence-electron chi connectivity index (χ2n) is 3.91. The third kappa shape index (κ3) is 2.88. The number of hydrogen-bond donors (Lipinski definition) is 0. The normalized spacial score (nSPS) is 10.1. The van der Waals surface area contributed by atoms with Gasteiger partial charge in [0.2, 0.25) is 0 Å². The molecule has 4 heteroatoms. The first-order valence-corrected chi connectivity index (χ1v) is 6.06. The van der Waals surface area contributed by atoms with E-state index in [1.54, 1.807) is 24.3 Å². The number of halogens is 1. The van der Waals surface area contributed by atoms with E-state index in [1.165, 1.54) is 14.2 Å². The summed E-state index contributed by atoms with van der Waals surface area (Å²) in [6.45, 7) is 0. The Morgan fingerprint density at radius 1 is 1.00 bits per heavy atom. The molecule has 0 aliphatic rings. The molecule has 2 aromatic carbocycles. The van der Waals surface area contributed by atoms with Crippen molar-refractivity contribution in [1.82, 2.24) is 0 Å². The highest BCUT2D eigenvalue weighted by Crippen LogP contribution is 2.28. The van der Waals surface area contributed by atoms with Gasteiger partial charge in [0.15, 0.2) is 0 Å². The predicted octanol–water partition coefficient (Wildman–Crippen LogP) is 3.80. The van der Waals surface area contributed by atoms with Crippen LogP contribution in [-0.2, 0) is 4.74 Å². The van der Waals surface area contributed by atoms with Crippen LogP contribution in [0.2, 0.25) is 5.02 Å². The number of hydrogen-bond acceptors (Lipinski definition) is 3. The zero-order valence-corrected chi connectivity index (χ0v) is 11.4. The fraction of sp³-hybridized carbons (Fsp3) is 0.133. The molecule has 0 aliphatic carbocycles. The smallest absolute Gasteiger partial charge is 0.341 e. The first-order chi connectivity index (χ1) is 9.15. The van der Waals surface area contributed by atoms with Crippen LogP contribution in [0.5, 0.6) is 5.75 Å². The Balaban J connectivity index is 2.48. The number of benzene rings is 2. The molecule has 0 saturated carbocycles. The maximum Gasteiger partial charge on any atom is 0.341 e. The molecule has 98 valence electrons. The summed E-state index contributed by atoms with van der Waals surface area (Å²) in [6, 6.07) is 12.8. The lowest BCUT2D eigenvalue weighted by atomic mass is 10.0. The molecule has 0 atom stereocenters. The summed E-state index contributed by atoms with van der Waals surface area (Å²) in [5, 5.41) is 0.672. The molecule has 0 N–H and O–H groups in total. The highest BCUT2D eigenvalue weighted by Gasteiger charge is 2.13. The Bertz CT molecular complexity index is 591. The summed E-state index contributed by atoms with van der Waals surface area (Å²) in [5.41, 5.74) is 2.27. The second-order valence-corrected chi connectivity index (χ2v) is 4.35. The highest BCUT2D eigenvalue weighted by molar-refractivity contribution is 6.30. The predicted molar refractivity (Wildman–Crippen MR) is 74.8 cm³/mol. The van der Waals surface area contributed by atoms with Gasteiger partial charge >= 0.3 is 5.97 Å². The molecule has 0 spiro atoms. The molecule has 3 nitrogen and oxygen atoms in total. The van der Waals surface area contributed by atoms with Crippen LogP contribution in [0.25, 0.3) is 11.1 Å². The maximum atomic E-state index is 11.7. The second kappa shape index (κ2) is 5.76. The van der Waals surface area contributed by atoms with Crippen LogP contribution in [0.15, 0.2) is 42.5 Å². The maximum absolute atomic E-state index is 11.7. The number of ether oxygens (including phenoxy) is 2. The Kier molecular flexibility index (Phi) is 4.07. The molecule has 0 fully saturated rings. The zero-order valence-electron chi connectivity index (χ0n) is 10.6. The zero-order chi connectivity index (χ0) is 13.8. The lowest BCUT2D eigenvalue weighted by Gasteiger charge is -2.09. The van der Waals surface area contributed by atoms with Crippen molar-refractivity contribution < 1.29 is 14.3 Å². The van der Waals surface area contributed by atoms with Crippen molar-refractivity contribution in [3.63, 3.8) is 0 Å². The molecule has 2 aromatic rings. The van der Waals surface area contributed by atoms with Gasteiger partial charge < -0.3 is 9.47 Å². The van der Waals surface area contributed by atoms with Gasteiger partial charge in [0.05, 0.1) is 14.2 Å². The van der Waals surface area contributed by atoms with E-state index >= 15 is 0 Å². The van der Waals surface area contributed by atoms with E-state index < -0.39 is 5.97 Å². The summed E-state index contributed by atoms with van der Waals surface area (Å²) in [6.07, 6.45) is 0. The number of rotatable bonds is 3. The van der Waals surface area contributed by atoms with Gasteiger partial charge in [-0.1, -0.05) is 29.8 Å². The van der Waals surface area contributed by atoms with Gasteiger partial charge in [-0.05, 0) is 35.4 Å². The molecule has 2 rings (SSSR count). The van der Waals surface area contributed by atoms with E-state index in [0.717, 1.165) is 11.1 Å². The van der Waals surface area contributed by atoms with Crippen LogP contribution >= 0.6 is 11.6 Å². The van der Waals surface area contributed by atoms with E-state index in [0.29, 0.717) is 16.3 Å². The minimum atomic E-state index is -0.423. The van der Waals surface area contributed by atoms with Crippen LogP contribution in [-0.4, -0.2) is 20.2 Å². The van der Waals surface area contributed by atoms with Crippen molar-refractivity contribution >= 4 is 17.6 Å². The van der Waals surface area contributed by atoms with Crippen molar-refractivity contribution in [2.75, 3.05) is 14.2 Å². The number of carbonyl (C=O) groups is 1. The quantitative estimate of drug-likeness (QED) is 0.800. The van der Waals surface area contributed by atoms with Gasteiger partial charge in [-0.15, -0.1) is 0 Å². The van der Waals surface area contributed by atoms with Gasteiger partial charge in [0.1, 0.15) is 11.3 Å². The van der Waals surface area contributed by atoms with Crippen molar-refractivity contribution in [1.29, 1.82) is 0 Å². The topological polar surface area (TPSA) is 35.5 Å². The third-order valence-electron chi connectivity index (χ3n) is 2.78. The van der Waals surface area contributed by atoms with E-state index in [9.17, 15) is 4.79 Å². The van der Waals surface area contributed by atoms with E-state index in [-0.39, 0.29) is 0 Å². The Morgan fingerprint density at radius 3 is 2.21 bits per heavy atom. The summed E-state index contributed by atoms with van der Waals surface area (Å²) in [7, 11) is 2.86. The first kappa shape index (κ1) is 13.4. The summed E-state index contributed by atoms with van der Waals surface area (Å²) in [4.78, 5) is 11.7. The third-order valence-corrected chi connectivity index (χ3v) is 3.03. The first-order valence-electron chi connectivity index (χ1n) is 5.68. The minimum Gasteiger partial charge on any atom is -0.496 e. The van der Waals surface area contributed by atoms with Gasteiger partial charge in [0.25, 0.3) is 0 Å². The average Bonchev–Trinajstić information content (AvgIpc) is 2.46. The SMILES string of the molecule is COC(=O)c1cc(-c2ccc(Cl)cc2)ccc1OC. The molecule has 0 amide bonds. The summed E-state index contributed by atoms with van der Waals surface area (Å²) in [5.74, 6) is 0.0669. The van der Waals surface area contributed by atoms with Crippen molar-refractivity contribution in [2.45, 2.75) is 0 Å². The molecule has 19 heavy (non-hydrogen) atoms. The molecule has 0 aliphatic heterocycles. The summed E-state index contributed by atoms with van der Waals surface area (Å²) >= 11 is 5.86. The molecule has 0 bridgehead atoms. The molecular weight excluding hydrogens is 264 g/mol. The van der Waals surface area contributed by atoms with Crippen molar-refractivity contribution in [3.05, 3.63) is 53.1 Å². The fourth-order valence-electron chi connectivity index (χ4n) is 1.80. The van der Waals surface area contributed by atoms with E-state index in [1.807, 2.05) is 18.2 Å². The average molecular weight is 277 g/mol. The Labute approximate surface area is 116 Å². The lowest BCUT2D eigenvalue weighted by Crippen LogP contribution is -2.04. The molecular formula is C15H13ClO3. The van der Waals surface area contributed by atoms with Crippen LogP contribution < -0.4 is 4.74 Å². The van der Waals surface area contributed by atoms with Crippen molar-refractivity contribution in [2.24, 2.45) is 0 Å². The molecule has 0 aromatic heterocycles. The van der Waals surface area contributed by atoms with Crippen LogP contribution in [0.4, 0.5) is 0 Å². The van der Waals surface area contributed by atoms with Crippen molar-refractivity contribution in [3.8, 4) is 16.9 Å². The molecule has 0 radical (unpaired) electrons. The Morgan fingerprint density at radius 2 is 1.63 bits per heavy atom. The standard InChI is InChI=1S/C15H13ClO3/c1-18-14-8-5-11(9-13(14)15(17)19-2)10-3-6-12(16)7-4-10/h3-9H,1-2H3. The van der Waals surface area contributed by atoms with E-state index in [2.05, 4.69) is 0 Å². The van der Waals surface area contributed by atoms with Gasteiger partial charge in [-0.25, -0.2) is 4.79 Å². The van der Waals surface area contributed by atoms with Crippen LogP contribution in [0.1, 0.15) is 10.4 Å².